The second kappa shape index (κ2) is 7.29. The molecule has 0 bridgehead atoms. The van der Waals surface area contributed by atoms with E-state index in [4.69, 9.17) is 0 Å². The number of carbonyl (C=O) groups excluding carboxylic acids is 1. The van der Waals surface area contributed by atoms with Gasteiger partial charge in [0.1, 0.15) is 0 Å². The van der Waals surface area contributed by atoms with E-state index in [2.05, 4.69) is 29.0 Å². The van der Waals surface area contributed by atoms with Crippen molar-refractivity contribution in [3.8, 4) is 0 Å². The van der Waals surface area contributed by atoms with E-state index >= 15 is 0 Å². The minimum atomic E-state index is -4.57. The van der Waals surface area contributed by atoms with Crippen molar-refractivity contribution < 1.29 is 18.0 Å². The SMILES string of the molecule is CC(C)N1CCC(C(=O)N[C@@H](c2ccccn2)C(F)(F)F)CC1. The Morgan fingerprint density at radius 2 is 1.96 bits per heavy atom. The van der Waals surface area contributed by atoms with Crippen LogP contribution in [0.2, 0.25) is 0 Å². The first-order valence-electron chi connectivity index (χ1n) is 7.81. The van der Waals surface area contributed by atoms with E-state index in [1.807, 2.05) is 0 Å². The van der Waals surface area contributed by atoms with Crippen molar-refractivity contribution in [3.05, 3.63) is 30.1 Å². The van der Waals surface area contributed by atoms with Gasteiger partial charge >= 0.3 is 6.18 Å². The molecule has 7 heteroatoms. The van der Waals surface area contributed by atoms with Gasteiger partial charge in [0.2, 0.25) is 5.91 Å². The van der Waals surface area contributed by atoms with E-state index in [0.717, 1.165) is 13.1 Å². The lowest BCUT2D eigenvalue weighted by atomic mass is 9.94. The van der Waals surface area contributed by atoms with Crippen LogP contribution in [-0.4, -0.2) is 41.1 Å². The van der Waals surface area contributed by atoms with Crippen molar-refractivity contribution in [1.82, 2.24) is 15.2 Å². The first kappa shape index (κ1) is 17.7. The van der Waals surface area contributed by atoms with Crippen LogP contribution in [0.5, 0.6) is 0 Å². The highest BCUT2D eigenvalue weighted by molar-refractivity contribution is 5.79. The normalized spacial score (nSPS) is 18.9. The van der Waals surface area contributed by atoms with Gasteiger partial charge in [-0.05, 0) is 51.9 Å². The van der Waals surface area contributed by atoms with Crippen LogP contribution in [0.4, 0.5) is 13.2 Å². The summed E-state index contributed by atoms with van der Waals surface area (Å²) in [5, 5.41) is 2.14. The summed E-state index contributed by atoms with van der Waals surface area (Å²) < 4.78 is 39.7. The lowest BCUT2D eigenvalue weighted by Gasteiger charge is -2.34. The first-order chi connectivity index (χ1) is 10.8. The zero-order valence-corrected chi connectivity index (χ0v) is 13.3. The Hall–Kier alpha value is -1.63. The molecule has 128 valence electrons. The molecule has 1 N–H and O–H groups in total. The number of pyridine rings is 1. The predicted octanol–water partition coefficient (Wildman–Crippen LogP) is 2.92. The number of likely N-dealkylation sites (tertiary alicyclic amines) is 1. The van der Waals surface area contributed by atoms with E-state index in [-0.39, 0.29) is 11.6 Å². The third-order valence-corrected chi connectivity index (χ3v) is 4.23. The molecule has 1 aliphatic rings. The molecule has 1 aliphatic heterocycles. The third-order valence-electron chi connectivity index (χ3n) is 4.23. The maximum Gasteiger partial charge on any atom is 0.414 e. The lowest BCUT2D eigenvalue weighted by molar-refractivity contribution is -0.165. The Morgan fingerprint density at radius 1 is 1.30 bits per heavy atom. The van der Waals surface area contributed by atoms with Gasteiger partial charge in [0.15, 0.2) is 6.04 Å². The molecule has 0 unspecified atom stereocenters. The number of nitrogens with zero attached hydrogens (tertiary/aromatic N) is 2. The monoisotopic (exact) mass is 329 g/mol. The van der Waals surface area contributed by atoms with Crippen molar-refractivity contribution in [2.75, 3.05) is 13.1 Å². The molecule has 0 aromatic carbocycles. The molecule has 4 nitrogen and oxygen atoms in total. The number of amides is 1. The minimum absolute atomic E-state index is 0.187. The van der Waals surface area contributed by atoms with Crippen LogP contribution < -0.4 is 5.32 Å². The summed E-state index contributed by atoms with van der Waals surface area (Å²) in [5.41, 5.74) is -0.187. The van der Waals surface area contributed by atoms with E-state index in [1.54, 1.807) is 6.07 Å². The number of aromatic nitrogens is 1. The quantitative estimate of drug-likeness (QED) is 0.924. The standard InChI is InChI=1S/C16H22F3N3O/c1-11(2)22-9-6-12(7-10-22)15(23)21-14(16(17,18)19)13-5-3-4-8-20-13/h3-5,8,11-12,14H,6-7,9-10H2,1-2H3,(H,21,23)/t14-/m0/s1. The zero-order chi connectivity index (χ0) is 17.0. The molecular formula is C16H22F3N3O. The van der Waals surface area contributed by atoms with Crippen LogP contribution in [0.15, 0.2) is 24.4 Å². The van der Waals surface area contributed by atoms with E-state index in [1.165, 1.54) is 18.3 Å². The molecule has 0 radical (unpaired) electrons. The largest absolute Gasteiger partial charge is 0.414 e. The van der Waals surface area contributed by atoms with Crippen molar-refractivity contribution in [2.45, 2.75) is 44.9 Å². The van der Waals surface area contributed by atoms with Gasteiger partial charge in [-0.2, -0.15) is 13.2 Å². The van der Waals surface area contributed by atoms with E-state index < -0.39 is 18.1 Å². The molecule has 1 saturated heterocycles. The Kier molecular flexibility index (Phi) is 5.62. The summed E-state index contributed by atoms with van der Waals surface area (Å²) >= 11 is 0. The number of nitrogens with one attached hydrogen (secondary N) is 1. The predicted molar refractivity (Wildman–Crippen MR) is 80.6 cm³/mol. The highest BCUT2D eigenvalue weighted by atomic mass is 19.4. The lowest BCUT2D eigenvalue weighted by Crippen LogP contribution is -2.46. The Morgan fingerprint density at radius 3 is 2.43 bits per heavy atom. The molecule has 23 heavy (non-hydrogen) atoms. The number of halogens is 3. The molecule has 0 aliphatic carbocycles. The molecule has 1 aromatic rings. The second-order valence-corrected chi connectivity index (χ2v) is 6.14. The number of carbonyl (C=O) groups is 1. The number of piperidine rings is 1. The van der Waals surface area contributed by atoms with Gasteiger partial charge in [0.25, 0.3) is 0 Å². The Bertz CT molecular complexity index is 511. The number of hydrogen-bond acceptors (Lipinski definition) is 3. The maximum absolute atomic E-state index is 13.2. The summed E-state index contributed by atoms with van der Waals surface area (Å²) in [6.45, 7) is 5.61. The minimum Gasteiger partial charge on any atom is -0.339 e. The second-order valence-electron chi connectivity index (χ2n) is 6.14. The summed E-state index contributed by atoms with van der Waals surface area (Å²) in [6, 6.07) is 2.63. The average molecular weight is 329 g/mol. The van der Waals surface area contributed by atoms with Crippen LogP contribution in [0.3, 0.4) is 0 Å². The average Bonchev–Trinajstić information content (AvgIpc) is 2.52. The molecule has 1 atom stereocenters. The van der Waals surface area contributed by atoms with Crippen LogP contribution in [-0.2, 0) is 4.79 Å². The van der Waals surface area contributed by atoms with Crippen LogP contribution in [0.1, 0.15) is 38.4 Å². The molecule has 1 aromatic heterocycles. The van der Waals surface area contributed by atoms with Gasteiger partial charge in [-0.3, -0.25) is 9.78 Å². The van der Waals surface area contributed by atoms with Crippen molar-refractivity contribution in [1.29, 1.82) is 0 Å². The van der Waals surface area contributed by atoms with Gasteiger partial charge in [-0.15, -0.1) is 0 Å². The molecule has 0 saturated carbocycles. The van der Waals surface area contributed by atoms with Crippen LogP contribution in [0, 0.1) is 5.92 Å². The fourth-order valence-electron chi connectivity index (χ4n) is 2.81. The summed E-state index contributed by atoms with van der Waals surface area (Å²) in [4.78, 5) is 18.2. The van der Waals surface area contributed by atoms with Gasteiger partial charge in [-0.1, -0.05) is 6.07 Å². The fourth-order valence-corrected chi connectivity index (χ4v) is 2.81. The Labute approximate surface area is 134 Å². The fraction of sp³-hybridized carbons (Fsp3) is 0.625. The van der Waals surface area contributed by atoms with Crippen molar-refractivity contribution >= 4 is 5.91 Å². The molecule has 1 fully saturated rings. The smallest absolute Gasteiger partial charge is 0.339 e. The van der Waals surface area contributed by atoms with Gasteiger partial charge in [0, 0.05) is 18.2 Å². The van der Waals surface area contributed by atoms with Crippen LogP contribution in [0.25, 0.3) is 0 Å². The van der Waals surface area contributed by atoms with E-state index in [0.29, 0.717) is 18.9 Å². The van der Waals surface area contributed by atoms with E-state index in [9.17, 15) is 18.0 Å². The number of alkyl halides is 3. The molecule has 0 spiro atoms. The summed E-state index contributed by atoms with van der Waals surface area (Å²) in [5.74, 6) is -0.917. The topological polar surface area (TPSA) is 45.2 Å². The third kappa shape index (κ3) is 4.67. The molecule has 2 heterocycles. The molecule has 2 rings (SSSR count). The molecular weight excluding hydrogens is 307 g/mol. The van der Waals surface area contributed by atoms with Gasteiger partial charge in [0.05, 0.1) is 5.69 Å². The summed E-state index contributed by atoms with van der Waals surface area (Å²) in [6.07, 6.45) is -2.11. The summed E-state index contributed by atoms with van der Waals surface area (Å²) in [7, 11) is 0. The van der Waals surface area contributed by atoms with Crippen molar-refractivity contribution in [2.24, 2.45) is 5.92 Å². The molecule has 1 amide bonds. The number of hydrogen-bond donors (Lipinski definition) is 1. The van der Waals surface area contributed by atoms with Gasteiger partial charge in [-0.25, -0.2) is 0 Å². The van der Waals surface area contributed by atoms with Crippen molar-refractivity contribution in [3.63, 3.8) is 0 Å². The zero-order valence-electron chi connectivity index (χ0n) is 13.3. The maximum atomic E-state index is 13.2. The Balaban J connectivity index is 2.02. The highest BCUT2D eigenvalue weighted by Gasteiger charge is 2.43. The first-order valence-corrected chi connectivity index (χ1v) is 7.81. The van der Waals surface area contributed by atoms with Crippen LogP contribution >= 0.6 is 0 Å². The highest BCUT2D eigenvalue weighted by Crippen LogP contribution is 2.32. The number of rotatable bonds is 4. The van der Waals surface area contributed by atoms with Gasteiger partial charge < -0.3 is 10.2 Å².